The van der Waals surface area contributed by atoms with Crippen LogP contribution >= 0.6 is 0 Å². The molecule has 0 aromatic heterocycles. The largest absolute Gasteiger partial charge is 0.497 e. The van der Waals surface area contributed by atoms with Gasteiger partial charge in [-0.25, -0.2) is 13.1 Å². The third-order valence-corrected chi connectivity index (χ3v) is 5.64. The molecule has 2 unspecified atom stereocenters. The van der Waals surface area contributed by atoms with E-state index < -0.39 is 16.1 Å². The summed E-state index contributed by atoms with van der Waals surface area (Å²) in [5.74, 6) is 1.10. The Hall–Kier alpha value is -1.15. The van der Waals surface area contributed by atoms with Crippen molar-refractivity contribution in [2.45, 2.75) is 37.3 Å². The van der Waals surface area contributed by atoms with Crippen LogP contribution in [0.3, 0.4) is 0 Å². The van der Waals surface area contributed by atoms with Crippen LogP contribution < -0.4 is 9.46 Å². The number of hydrogen-bond donors (Lipinski definition) is 2. The molecule has 3 atom stereocenters. The van der Waals surface area contributed by atoms with E-state index in [2.05, 4.69) is 23.5 Å². The number of sulfonamides is 1. The molecule has 7 heteroatoms. The summed E-state index contributed by atoms with van der Waals surface area (Å²) in [5.41, 5.74) is 0. The van der Waals surface area contributed by atoms with Crippen LogP contribution in [0.25, 0.3) is 0 Å². The summed E-state index contributed by atoms with van der Waals surface area (Å²) in [6.07, 6.45) is 0.380. The Balaban J connectivity index is 1.91. The van der Waals surface area contributed by atoms with Crippen LogP contribution in [0.4, 0.5) is 0 Å². The molecule has 1 aliphatic heterocycles. The highest BCUT2D eigenvalue weighted by molar-refractivity contribution is 7.89. The van der Waals surface area contributed by atoms with Gasteiger partial charge in [-0.3, -0.25) is 4.90 Å². The molecule has 0 saturated carbocycles. The van der Waals surface area contributed by atoms with Gasteiger partial charge in [0.2, 0.25) is 10.0 Å². The summed E-state index contributed by atoms with van der Waals surface area (Å²) >= 11 is 0. The highest BCUT2D eigenvalue weighted by Crippen LogP contribution is 2.22. The van der Waals surface area contributed by atoms with Gasteiger partial charge in [-0.1, -0.05) is 13.0 Å². The standard InChI is InChI=1S/C16H26N2O4S/c1-12-7-13(2)18(10-12)11-14(19)9-17-23(20,21)16-6-4-5-15(8-16)22-3/h4-6,8,12-14,17,19H,7,9-11H2,1-3H3/t12?,13?,14-/m1/s1. The van der Waals surface area contributed by atoms with E-state index in [1.54, 1.807) is 12.1 Å². The number of aliphatic hydroxyl groups is 1. The Morgan fingerprint density at radius 3 is 2.78 bits per heavy atom. The van der Waals surface area contributed by atoms with E-state index in [-0.39, 0.29) is 11.4 Å². The van der Waals surface area contributed by atoms with Crippen LogP contribution in [0, 0.1) is 5.92 Å². The Morgan fingerprint density at radius 2 is 2.17 bits per heavy atom. The van der Waals surface area contributed by atoms with Gasteiger partial charge in [-0.15, -0.1) is 0 Å². The summed E-state index contributed by atoms with van der Waals surface area (Å²) in [7, 11) is -2.17. The Morgan fingerprint density at radius 1 is 1.43 bits per heavy atom. The molecule has 1 fully saturated rings. The van der Waals surface area contributed by atoms with E-state index in [1.165, 1.54) is 19.2 Å². The molecule has 0 aliphatic carbocycles. The van der Waals surface area contributed by atoms with Crippen LogP contribution in [0.5, 0.6) is 5.75 Å². The molecular weight excluding hydrogens is 316 g/mol. The minimum Gasteiger partial charge on any atom is -0.497 e. The summed E-state index contributed by atoms with van der Waals surface area (Å²) in [6.45, 7) is 5.75. The SMILES string of the molecule is COc1cccc(S(=O)(=O)NC[C@@H](O)CN2CC(C)CC2C)c1. The van der Waals surface area contributed by atoms with Gasteiger partial charge in [0.15, 0.2) is 0 Å². The van der Waals surface area contributed by atoms with Crippen molar-refractivity contribution in [3.8, 4) is 5.75 Å². The van der Waals surface area contributed by atoms with Gasteiger partial charge < -0.3 is 9.84 Å². The zero-order valence-corrected chi connectivity index (χ0v) is 14.7. The minimum absolute atomic E-state index is 0.00283. The fourth-order valence-electron chi connectivity index (χ4n) is 3.03. The van der Waals surface area contributed by atoms with Crippen LogP contribution in [-0.4, -0.2) is 57.3 Å². The number of nitrogens with zero attached hydrogens (tertiary/aromatic N) is 1. The molecule has 1 aromatic rings. The van der Waals surface area contributed by atoms with E-state index >= 15 is 0 Å². The third kappa shape index (κ3) is 4.91. The second-order valence-electron chi connectivity index (χ2n) is 6.33. The summed E-state index contributed by atoms with van der Waals surface area (Å²) in [5, 5.41) is 10.1. The van der Waals surface area contributed by atoms with Crippen molar-refractivity contribution in [3.05, 3.63) is 24.3 Å². The fraction of sp³-hybridized carbons (Fsp3) is 0.625. The molecule has 0 amide bonds. The lowest BCUT2D eigenvalue weighted by Gasteiger charge is -2.24. The second-order valence-corrected chi connectivity index (χ2v) is 8.10. The van der Waals surface area contributed by atoms with E-state index in [9.17, 15) is 13.5 Å². The third-order valence-electron chi connectivity index (χ3n) is 4.22. The topological polar surface area (TPSA) is 78.9 Å². The number of β-amino-alcohol motifs (C(OH)–C–C–N with tert-alkyl or cyclic N) is 1. The Kier molecular flexibility index (Phi) is 6.02. The molecule has 2 N–H and O–H groups in total. The summed E-state index contributed by atoms with van der Waals surface area (Å²) < 4.78 is 32.0. The number of nitrogens with one attached hydrogen (secondary N) is 1. The van der Waals surface area contributed by atoms with E-state index in [4.69, 9.17) is 4.74 Å². The second kappa shape index (κ2) is 7.61. The van der Waals surface area contributed by atoms with Crippen molar-refractivity contribution in [3.63, 3.8) is 0 Å². The van der Waals surface area contributed by atoms with Crippen LogP contribution in [0.15, 0.2) is 29.2 Å². The lowest BCUT2D eigenvalue weighted by molar-refractivity contribution is 0.111. The van der Waals surface area contributed by atoms with Gasteiger partial charge in [0.05, 0.1) is 18.1 Å². The minimum atomic E-state index is -3.65. The average Bonchev–Trinajstić information content (AvgIpc) is 2.83. The summed E-state index contributed by atoms with van der Waals surface area (Å²) in [4.78, 5) is 2.34. The van der Waals surface area contributed by atoms with Gasteiger partial charge in [0, 0.05) is 31.7 Å². The summed E-state index contributed by atoms with van der Waals surface area (Å²) in [6, 6.07) is 6.69. The first-order chi connectivity index (χ1) is 10.8. The molecule has 130 valence electrons. The van der Waals surface area contributed by atoms with Crippen molar-refractivity contribution in [1.82, 2.24) is 9.62 Å². The van der Waals surface area contributed by atoms with Crippen molar-refractivity contribution in [1.29, 1.82) is 0 Å². The number of hydrogen-bond acceptors (Lipinski definition) is 5. The number of methoxy groups -OCH3 is 1. The lowest BCUT2D eigenvalue weighted by atomic mass is 10.1. The van der Waals surface area contributed by atoms with Gasteiger partial charge >= 0.3 is 0 Å². The maximum Gasteiger partial charge on any atom is 0.240 e. The van der Waals surface area contributed by atoms with Gasteiger partial charge in [0.25, 0.3) is 0 Å². The number of aliphatic hydroxyl groups excluding tert-OH is 1. The highest BCUT2D eigenvalue weighted by atomic mass is 32.2. The molecule has 2 rings (SSSR count). The van der Waals surface area contributed by atoms with Gasteiger partial charge in [-0.05, 0) is 31.4 Å². The molecule has 0 radical (unpaired) electrons. The monoisotopic (exact) mass is 342 g/mol. The fourth-order valence-corrected chi connectivity index (χ4v) is 4.14. The van der Waals surface area contributed by atoms with E-state index in [0.29, 0.717) is 24.3 Å². The first kappa shape index (κ1) is 18.2. The molecule has 1 aromatic carbocycles. The van der Waals surface area contributed by atoms with Crippen LogP contribution in [-0.2, 0) is 10.0 Å². The van der Waals surface area contributed by atoms with Crippen molar-refractivity contribution in [2.75, 3.05) is 26.7 Å². The molecule has 1 heterocycles. The average molecular weight is 342 g/mol. The van der Waals surface area contributed by atoms with Crippen LogP contribution in [0.2, 0.25) is 0 Å². The zero-order valence-electron chi connectivity index (χ0n) is 13.9. The quantitative estimate of drug-likeness (QED) is 0.775. The molecule has 23 heavy (non-hydrogen) atoms. The molecule has 1 aliphatic rings. The molecular formula is C16H26N2O4S. The van der Waals surface area contributed by atoms with Crippen molar-refractivity contribution in [2.24, 2.45) is 5.92 Å². The number of rotatable bonds is 7. The predicted molar refractivity (Wildman–Crippen MR) is 89.0 cm³/mol. The Bertz CT molecular complexity index is 620. The smallest absolute Gasteiger partial charge is 0.240 e. The first-order valence-corrected chi connectivity index (χ1v) is 9.36. The molecule has 1 saturated heterocycles. The number of benzene rings is 1. The highest BCUT2D eigenvalue weighted by Gasteiger charge is 2.27. The maximum absolute atomic E-state index is 12.3. The van der Waals surface area contributed by atoms with Gasteiger partial charge in [-0.2, -0.15) is 0 Å². The van der Waals surface area contributed by atoms with Crippen LogP contribution in [0.1, 0.15) is 20.3 Å². The maximum atomic E-state index is 12.3. The van der Waals surface area contributed by atoms with Crippen molar-refractivity contribution >= 4 is 10.0 Å². The van der Waals surface area contributed by atoms with Gasteiger partial charge in [0.1, 0.15) is 5.75 Å². The first-order valence-electron chi connectivity index (χ1n) is 7.87. The predicted octanol–water partition coefficient (Wildman–Crippen LogP) is 1.06. The lowest BCUT2D eigenvalue weighted by Crippen LogP contribution is -2.41. The molecule has 0 spiro atoms. The zero-order chi connectivity index (χ0) is 17.0. The molecule has 0 bridgehead atoms. The van der Waals surface area contributed by atoms with Crippen molar-refractivity contribution < 1.29 is 18.3 Å². The van der Waals surface area contributed by atoms with E-state index in [0.717, 1.165) is 13.0 Å². The number of ether oxygens (including phenoxy) is 1. The Labute approximate surface area is 138 Å². The van der Waals surface area contributed by atoms with E-state index in [1.807, 2.05) is 0 Å². The number of likely N-dealkylation sites (tertiary alicyclic amines) is 1. The normalized spacial score (nSPS) is 23.8. The molecule has 6 nitrogen and oxygen atoms in total.